The summed E-state index contributed by atoms with van der Waals surface area (Å²) in [5, 5.41) is 11.0. The van der Waals surface area contributed by atoms with Crippen LogP contribution in [0.3, 0.4) is 0 Å². The van der Waals surface area contributed by atoms with E-state index < -0.39 is 6.10 Å². The van der Waals surface area contributed by atoms with Crippen LogP contribution in [0.15, 0.2) is 12.7 Å². The largest absolute Gasteiger partial charge is 0.340 e. The van der Waals surface area contributed by atoms with E-state index in [9.17, 15) is 9.90 Å². The standard InChI is InChI=1S/C9H14NO2/c1-2-8(11)9(12)10-6-4-3-5-7-10/h2,8H,1,3-7H2. The number of amides is 1. The highest BCUT2D eigenvalue weighted by Crippen LogP contribution is 2.10. The molecule has 3 nitrogen and oxygen atoms in total. The van der Waals surface area contributed by atoms with Crippen molar-refractivity contribution in [3.05, 3.63) is 12.7 Å². The lowest BCUT2D eigenvalue weighted by Gasteiger charge is -2.27. The summed E-state index contributed by atoms with van der Waals surface area (Å²) >= 11 is 0. The fourth-order valence-corrected chi connectivity index (χ4v) is 1.40. The lowest BCUT2D eigenvalue weighted by molar-refractivity contribution is -0.141. The van der Waals surface area contributed by atoms with E-state index in [4.69, 9.17) is 0 Å². The third-order valence-electron chi connectivity index (χ3n) is 2.13. The van der Waals surface area contributed by atoms with E-state index >= 15 is 0 Å². The molecular formula is C9H14NO2. The minimum absolute atomic E-state index is 0.315. The molecule has 3 heteroatoms. The summed E-state index contributed by atoms with van der Waals surface area (Å²) in [4.78, 5) is 12.9. The molecule has 0 aromatic heterocycles. The van der Waals surface area contributed by atoms with Gasteiger partial charge in [0.2, 0.25) is 0 Å². The van der Waals surface area contributed by atoms with Crippen LogP contribution in [-0.4, -0.2) is 30.0 Å². The van der Waals surface area contributed by atoms with Crippen molar-refractivity contribution in [1.82, 2.24) is 4.90 Å². The summed E-state index contributed by atoms with van der Waals surface area (Å²) in [6, 6.07) is 0. The Balaban J connectivity index is 2.44. The molecule has 0 aromatic rings. The molecule has 12 heavy (non-hydrogen) atoms. The number of hydrogen-bond acceptors (Lipinski definition) is 1. The molecule has 1 unspecified atom stereocenters. The minimum atomic E-state index is -1.26. The summed E-state index contributed by atoms with van der Waals surface area (Å²) in [7, 11) is 0. The molecule has 1 aliphatic heterocycles. The number of carbonyl (C=O) groups is 1. The normalized spacial score (nSPS) is 20.2. The molecule has 67 valence electrons. The van der Waals surface area contributed by atoms with Gasteiger partial charge in [-0.05, 0) is 19.3 Å². The van der Waals surface area contributed by atoms with Gasteiger partial charge in [-0.2, -0.15) is 0 Å². The van der Waals surface area contributed by atoms with E-state index in [2.05, 4.69) is 6.58 Å². The SMILES string of the molecule is C=CC([O])C(=O)N1CCCCC1. The number of carbonyl (C=O) groups excluding carboxylic acids is 1. The molecule has 1 saturated heterocycles. The van der Waals surface area contributed by atoms with Crippen LogP contribution in [0.25, 0.3) is 0 Å². The molecule has 1 atom stereocenters. The predicted octanol–water partition coefficient (Wildman–Crippen LogP) is 0.984. The Labute approximate surface area is 72.7 Å². The molecule has 0 N–H and O–H groups in total. The maximum Gasteiger partial charge on any atom is 0.259 e. The Kier molecular flexibility index (Phi) is 3.29. The highest BCUT2D eigenvalue weighted by atomic mass is 16.3. The third-order valence-corrected chi connectivity index (χ3v) is 2.13. The Hall–Kier alpha value is -0.830. The maximum atomic E-state index is 11.3. The summed E-state index contributed by atoms with van der Waals surface area (Å²) in [6.07, 6.45) is 3.12. The van der Waals surface area contributed by atoms with Crippen molar-refractivity contribution in [3.63, 3.8) is 0 Å². The first-order valence-electron chi connectivity index (χ1n) is 4.33. The van der Waals surface area contributed by atoms with Crippen LogP contribution in [0.5, 0.6) is 0 Å². The quantitative estimate of drug-likeness (QED) is 0.567. The molecule has 0 aliphatic carbocycles. The smallest absolute Gasteiger partial charge is 0.259 e. The van der Waals surface area contributed by atoms with Crippen LogP contribution in [0.4, 0.5) is 0 Å². The van der Waals surface area contributed by atoms with Crippen LogP contribution in [0.2, 0.25) is 0 Å². The third kappa shape index (κ3) is 2.08. The Morgan fingerprint density at radius 2 is 1.92 bits per heavy atom. The van der Waals surface area contributed by atoms with E-state index in [-0.39, 0.29) is 5.91 Å². The second-order valence-corrected chi connectivity index (χ2v) is 3.04. The molecule has 0 saturated carbocycles. The van der Waals surface area contributed by atoms with Crippen molar-refractivity contribution in [2.24, 2.45) is 0 Å². The molecular weight excluding hydrogens is 154 g/mol. The first kappa shape index (κ1) is 9.26. The first-order chi connectivity index (χ1) is 5.75. The van der Waals surface area contributed by atoms with Gasteiger partial charge in [0, 0.05) is 13.1 Å². The van der Waals surface area contributed by atoms with Gasteiger partial charge in [0.05, 0.1) is 0 Å². The highest BCUT2D eigenvalue weighted by Gasteiger charge is 2.22. The molecule has 1 heterocycles. The van der Waals surface area contributed by atoms with Crippen molar-refractivity contribution in [3.8, 4) is 0 Å². The number of rotatable bonds is 2. The van der Waals surface area contributed by atoms with Gasteiger partial charge in [-0.15, -0.1) is 0 Å². The molecule has 1 fully saturated rings. The number of likely N-dealkylation sites (tertiary alicyclic amines) is 1. The lowest BCUT2D eigenvalue weighted by Crippen LogP contribution is -2.40. The van der Waals surface area contributed by atoms with E-state index in [0.29, 0.717) is 0 Å². The second-order valence-electron chi connectivity index (χ2n) is 3.04. The highest BCUT2D eigenvalue weighted by molar-refractivity contribution is 5.82. The Morgan fingerprint density at radius 1 is 1.33 bits per heavy atom. The van der Waals surface area contributed by atoms with Crippen LogP contribution < -0.4 is 0 Å². The molecule has 1 radical (unpaired) electrons. The van der Waals surface area contributed by atoms with Crippen LogP contribution in [0, 0.1) is 0 Å². The zero-order valence-corrected chi connectivity index (χ0v) is 7.16. The van der Waals surface area contributed by atoms with Gasteiger partial charge >= 0.3 is 0 Å². The molecule has 1 rings (SSSR count). The van der Waals surface area contributed by atoms with E-state index in [1.165, 1.54) is 6.42 Å². The van der Waals surface area contributed by atoms with Crippen molar-refractivity contribution in [2.45, 2.75) is 25.4 Å². The Bertz CT molecular complexity index is 173. The average Bonchev–Trinajstić information content (AvgIpc) is 2.17. The van der Waals surface area contributed by atoms with Gasteiger partial charge in [0.15, 0.2) is 6.10 Å². The van der Waals surface area contributed by atoms with Crippen LogP contribution in [0.1, 0.15) is 19.3 Å². The van der Waals surface area contributed by atoms with Gasteiger partial charge in [-0.1, -0.05) is 12.7 Å². The molecule has 0 bridgehead atoms. The van der Waals surface area contributed by atoms with Crippen molar-refractivity contribution < 1.29 is 9.90 Å². The van der Waals surface area contributed by atoms with Crippen LogP contribution in [-0.2, 0) is 9.90 Å². The van der Waals surface area contributed by atoms with Gasteiger partial charge in [-0.25, -0.2) is 5.11 Å². The molecule has 1 aliphatic rings. The second kappa shape index (κ2) is 4.26. The topological polar surface area (TPSA) is 40.2 Å². The Morgan fingerprint density at radius 3 is 2.42 bits per heavy atom. The predicted molar refractivity (Wildman–Crippen MR) is 45.1 cm³/mol. The zero-order valence-electron chi connectivity index (χ0n) is 7.16. The molecule has 0 aromatic carbocycles. The monoisotopic (exact) mass is 168 g/mol. The van der Waals surface area contributed by atoms with Gasteiger partial charge in [0.1, 0.15) is 0 Å². The number of piperidine rings is 1. The summed E-state index contributed by atoms with van der Waals surface area (Å²) in [5.41, 5.74) is 0. The van der Waals surface area contributed by atoms with E-state index in [1.807, 2.05) is 0 Å². The molecule has 0 spiro atoms. The van der Waals surface area contributed by atoms with Crippen molar-refractivity contribution >= 4 is 5.91 Å². The number of hydrogen-bond donors (Lipinski definition) is 0. The van der Waals surface area contributed by atoms with Gasteiger partial charge in [0.25, 0.3) is 5.91 Å². The minimum Gasteiger partial charge on any atom is -0.340 e. The van der Waals surface area contributed by atoms with Crippen molar-refractivity contribution in [1.29, 1.82) is 0 Å². The van der Waals surface area contributed by atoms with Crippen molar-refractivity contribution in [2.75, 3.05) is 13.1 Å². The fraction of sp³-hybridized carbons (Fsp3) is 0.667. The average molecular weight is 168 g/mol. The van der Waals surface area contributed by atoms with Crippen LogP contribution >= 0.6 is 0 Å². The molecule has 1 amide bonds. The van der Waals surface area contributed by atoms with Gasteiger partial charge < -0.3 is 4.90 Å². The maximum absolute atomic E-state index is 11.3. The van der Waals surface area contributed by atoms with E-state index in [0.717, 1.165) is 32.0 Å². The summed E-state index contributed by atoms with van der Waals surface area (Å²) in [5.74, 6) is -0.315. The van der Waals surface area contributed by atoms with Gasteiger partial charge in [-0.3, -0.25) is 4.79 Å². The summed E-state index contributed by atoms with van der Waals surface area (Å²) < 4.78 is 0. The number of nitrogens with zero attached hydrogens (tertiary/aromatic N) is 1. The van der Waals surface area contributed by atoms with E-state index in [1.54, 1.807) is 4.90 Å². The zero-order chi connectivity index (χ0) is 8.97. The summed E-state index contributed by atoms with van der Waals surface area (Å²) in [6.45, 7) is 4.80. The fourth-order valence-electron chi connectivity index (χ4n) is 1.40. The first-order valence-corrected chi connectivity index (χ1v) is 4.33. The lowest BCUT2D eigenvalue weighted by atomic mass is 10.1.